The maximum Gasteiger partial charge on any atom is 0.416 e. The van der Waals surface area contributed by atoms with Gasteiger partial charge in [0.25, 0.3) is 5.91 Å². The number of aryl methyl sites for hydroxylation is 2. The van der Waals surface area contributed by atoms with Gasteiger partial charge in [-0.25, -0.2) is 13.5 Å². The second kappa shape index (κ2) is 7.06. The summed E-state index contributed by atoms with van der Waals surface area (Å²) in [6.45, 7) is 3.41. The van der Waals surface area contributed by atoms with E-state index in [0.717, 1.165) is 24.3 Å². The number of nitrogens with zero attached hydrogens (tertiary/aromatic N) is 2. The molecule has 0 aliphatic rings. The lowest BCUT2D eigenvalue weighted by atomic mass is 10.1. The number of carbonyl (C=O) groups is 1. The van der Waals surface area contributed by atoms with E-state index in [-0.39, 0.29) is 11.4 Å². The van der Waals surface area contributed by atoms with E-state index in [1.165, 1.54) is 10.7 Å². The highest BCUT2D eigenvalue weighted by Gasteiger charge is 2.31. The van der Waals surface area contributed by atoms with Gasteiger partial charge in [-0.3, -0.25) is 4.79 Å². The Morgan fingerprint density at radius 1 is 1.04 bits per heavy atom. The van der Waals surface area contributed by atoms with Crippen molar-refractivity contribution in [2.75, 3.05) is 5.32 Å². The second-order valence-corrected chi connectivity index (χ2v) is 6.15. The van der Waals surface area contributed by atoms with Crippen LogP contribution in [0.4, 0.5) is 27.6 Å². The van der Waals surface area contributed by atoms with Gasteiger partial charge >= 0.3 is 6.18 Å². The summed E-state index contributed by atoms with van der Waals surface area (Å²) >= 11 is 0. The Hall–Kier alpha value is -3.23. The summed E-state index contributed by atoms with van der Waals surface area (Å²) in [5.41, 5.74) is -0.282. The highest BCUT2D eigenvalue weighted by molar-refractivity contribution is 6.05. The second-order valence-electron chi connectivity index (χ2n) is 6.15. The number of benzene rings is 2. The number of anilines is 1. The molecule has 0 fully saturated rings. The zero-order valence-electron chi connectivity index (χ0n) is 14.7. The van der Waals surface area contributed by atoms with Crippen molar-refractivity contribution < 1.29 is 26.7 Å². The molecule has 3 rings (SSSR count). The van der Waals surface area contributed by atoms with Crippen molar-refractivity contribution in [1.82, 2.24) is 9.78 Å². The van der Waals surface area contributed by atoms with Gasteiger partial charge in [0.2, 0.25) is 0 Å². The fourth-order valence-corrected chi connectivity index (χ4v) is 2.73. The molecule has 146 valence electrons. The third kappa shape index (κ3) is 3.88. The minimum Gasteiger partial charge on any atom is -0.320 e. The molecule has 9 heteroatoms. The number of hydrogen-bond acceptors (Lipinski definition) is 2. The molecule has 0 aliphatic heterocycles. The lowest BCUT2D eigenvalue weighted by Gasteiger charge is -2.16. The SMILES string of the molecule is Cc1cc(C)n(-c2ccc(C(F)(F)F)cc2NC(=O)c2ccc(F)cc2F)n1. The van der Waals surface area contributed by atoms with Gasteiger partial charge in [-0.15, -0.1) is 0 Å². The molecule has 0 aliphatic carbocycles. The number of nitrogens with one attached hydrogen (secondary N) is 1. The summed E-state index contributed by atoms with van der Waals surface area (Å²) in [6.07, 6.45) is -4.64. The molecule has 0 bridgehead atoms. The maximum atomic E-state index is 13.9. The first-order valence-electron chi connectivity index (χ1n) is 8.07. The third-order valence-electron chi connectivity index (χ3n) is 3.99. The van der Waals surface area contributed by atoms with Gasteiger partial charge < -0.3 is 5.32 Å². The summed E-state index contributed by atoms with van der Waals surface area (Å²) in [7, 11) is 0. The van der Waals surface area contributed by atoms with E-state index >= 15 is 0 Å². The molecule has 0 atom stereocenters. The molecule has 0 unspecified atom stereocenters. The van der Waals surface area contributed by atoms with Crippen LogP contribution in [0.3, 0.4) is 0 Å². The number of aromatic nitrogens is 2. The predicted molar refractivity (Wildman–Crippen MR) is 92.4 cm³/mol. The fourth-order valence-electron chi connectivity index (χ4n) is 2.73. The zero-order chi connectivity index (χ0) is 20.6. The number of rotatable bonds is 3. The van der Waals surface area contributed by atoms with Crippen LogP contribution in [0.15, 0.2) is 42.5 Å². The Morgan fingerprint density at radius 2 is 1.75 bits per heavy atom. The monoisotopic (exact) mass is 395 g/mol. The van der Waals surface area contributed by atoms with Crippen LogP contribution in [-0.2, 0) is 6.18 Å². The fraction of sp³-hybridized carbons (Fsp3) is 0.158. The van der Waals surface area contributed by atoms with E-state index in [1.807, 2.05) is 0 Å². The molecule has 3 aromatic rings. The number of amides is 1. The van der Waals surface area contributed by atoms with Crippen LogP contribution in [0.25, 0.3) is 5.69 Å². The van der Waals surface area contributed by atoms with Gasteiger partial charge in [0.1, 0.15) is 11.6 Å². The standard InChI is InChI=1S/C19H14F5N3O/c1-10-7-11(2)27(26-10)17-6-3-12(19(22,23)24)8-16(17)25-18(28)14-5-4-13(20)9-15(14)21/h3-9H,1-2H3,(H,25,28). The van der Waals surface area contributed by atoms with E-state index < -0.39 is 34.8 Å². The van der Waals surface area contributed by atoms with E-state index in [9.17, 15) is 26.7 Å². The van der Waals surface area contributed by atoms with E-state index in [0.29, 0.717) is 17.5 Å². The van der Waals surface area contributed by atoms with Crippen molar-refractivity contribution in [3.8, 4) is 5.69 Å². The van der Waals surface area contributed by atoms with E-state index in [1.54, 1.807) is 19.9 Å². The van der Waals surface area contributed by atoms with Gasteiger partial charge in [0.05, 0.1) is 28.2 Å². The lowest BCUT2D eigenvalue weighted by Crippen LogP contribution is -2.17. The first-order valence-corrected chi connectivity index (χ1v) is 8.07. The molecule has 28 heavy (non-hydrogen) atoms. The largest absolute Gasteiger partial charge is 0.416 e. The highest BCUT2D eigenvalue weighted by atomic mass is 19.4. The van der Waals surface area contributed by atoms with Crippen LogP contribution in [0.2, 0.25) is 0 Å². The average Bonchev–Trinajstić information content (AvgIpc) is 2.92. The van der Waals surface area contributed by atoms with Crippen LogP contribution >= 0.6 is 0 Å². The Labute approximate surface area is 156 Å². The van der Waals surface area contributed by atoms with Crippen molar-refractivity contribution in [2.24, 2.45) is 0 Å². The van der Waals surface area contributed by atoms with Gasteiger partial charge in [0, 0.05) is 11.8 Å². The Balaban J connectivity index is 2.08. The molecule has 1 N–H and O–H groups in total. The first-order chi connectivity index (χ1) is 13.1. The summed E-state index contributed by atoms with van der Waals surface area (Å²) in [5.74, 6) is -3.02. The Kier molecular flexibility index (Phi) is 4.93. The number of carbonyl (C=O) groups excluding carboxylic acids is 1. The van der Waals surface area contributed by atoms with Crippen molar-refractivity contribution >= 4 is 11.6 Å². The summed E-state index contributed by atoms with van der Waals surface area (Å²) in [5, 5.41) is 6.47. The summed E-state index contributed by atoms with van der Waals surface area (Å²) < 4.78 is 67.6. The van der Waals surface area contributed by atoms with Crippen LogP contribution in [0.1, 0.15) is 27.3 Å². The van der Waals surface area contributed by atoms with Gasteiger partial charge in [-0.2, -0.15) is 18.3 Å². The summed E-state index contributed by atoms with van der Waals surface area (Å²) in [4.78, 5) is 12.4. The maximum absolute atomic E-state index is 13.9. The Morgan fingerprint density at radius 3 is 2.32 bits per heavy atom. The molecule has 1 heterocycles. The topological polar surface area (TPSA) is 46.9 Å². The van der Waals surface area contributed by atoms with Crippen molar-refractivity contribution in [1.29, 1.82) is 0 Å². The molecule has 0 spiro atoms. The van der Waals surface area contributed by atoms with Gasteiger partial charge in [-0.05, 0) is 50.2 Å². The number of halogens is 5. The average molecular weight is 395 g/mol. The van der Waals surface area contributed by atoms with Crippen molar-refractivity contribution in [3.05, 3.63) is 76.6 Å². The summed E-state index contributed by atoms with van der Waals surface area (Å²) in [6, 6.07) is 6.79. The van der Waals surface area contributed by atoms with Crippen LogP contribution < -0.4 is 5.32 Å². The quantitative estimate of drug-likeness (QED) is 0.632. The van der Waals surface area contributed by atoms with Gasteiger partial charge in [0.15, 0.2) is 0 Å². The molecular weight excluding hydrogens is 381 g/mol. The third-order valence-corrected chi connectivity index (χ3v) is 3.99. The molecule has 1 amide bonds. The van der Waals surface area contributed by atoms with Crippen molar-refractivity contribution in [3.63, 3.8) is 0 Å². The van der Waals surface area contributed by atoms with Crippen LogP contribution in [0, 0.1) is 25.5 Å². The smallest absolute Gasteiger partial charge is 0.320 e. The number of alkyl halides is 3. The Bertz CT molecular complexity index is 1060. The molecular formula is C19H14F5N3O. The number of hydrogen-bond donors (Lipinski definition) is 1. The van der Waals surface area contributed by atoms with E-state index in [4.69, 9.17) is 0 Å². The molecule has 0 saturated carbocycles. The van der Waals surface area contributed by atoms with Gasteiger partial charge in [-0.1, -0.05) is 0 Å². The van der Waals surface area contributed by atoms with Crippen LogP contribution in [0.5, 0.6) is 0 Å². The van der Waals surface area contributed by atoms with E-state index in [2.05, 4.69) is 10.4 Å². The molecule has 4 nitrogen and oxygen atoms in total. The van der Waals surface area contributed by atoms with Crippen LogP contribution in [-0.4, -0.2) is 15.7 Å². The molecule has 1 aromatic heterocycles. The minimum absolute atomic E-state index is 0.175. The highest BCUT2D eigenvalue weighted by Crippen LogP contribution is 2.34. The first kappa shape index (κ1) is 19.5. The van der Waals surface area contributed by atoms with Crippen molar-refractivity contribution in [2.45, 2.75) is 20.0 Å². The predicted octanol–water partition coefficient (Wildman–Crippen LogP) is 5.04. The molecule has 0 radical (unpaired) electrons. The normalized spacial score (nSPS) is 11.5. The zero-order valence-corrected chi connectivity index (χ0v) is 14.7. The molecule has 2 aromatic carbocycles. The lowest BCUT2D eigenvalue weighted by molar-refractivity contribution is -0.137. The molecule has 0 saturated heterocycles. The minimum atomic E-state index is -4.64.